The van der Waals surface area contributed by atoms with E-state index in [4.69, 9.17) is 4.74 Å². The van der Waals surface area contributed by atoms with E-state index >= 15 is 0 Å². The van der Waals surface area contributed by atoms with Gasteiger partial charge in [0.2, 0.25) is 0 Å². The van der Waals surface area contributed by atoms with Gasteiger partial charge in [-0.1, -0.05) is 13.3 Å². The molecule has 0 aliphatic carbocycles. The van der Waals surface area contributed by atoms with E-state index in [0.717, 1.165) is 12.8 Å². The summed E-state index contributed by atoms with van der Waals surface area (Å²) in [5.41, 5.74) is -1.06. The van der Waals surface area contributed by atoms with E-state index < -0.39 is 11.6 Å². The Balaban J connectivity index is 2.35. The summed E-state index contributed by atoms with van der Waals surface area (Å²) < 4.78 is 9.66. The highest BCUT2D eigenvalue weighted by molar-refractivity contribution is 5.71. The Labute approximate surface area is 113 Å². The molecule has 1 N–H and O–H groups in total. The van der Waals surface area contributed by atoms with Crippen LogP contribution < -0.4 is 0 Å². The van der Waals surface area contributed by atoms with Crippen molar-refractivity contribution in [2.24, 2.45) is 0 Å². The van der Waals surface area contributed by atoms with Crippen LogP contribution in [0.4, 0.5) is 4.79 Å². The maximum absolute atomic E-state index is 11.7. The molecule has 0 atom stereocenters. The zero-order valence-corrected chi connectivity index (χ0v) is 11.7. The zero-order valence-electron chi connectivity index (χ0n) is 11.7. The van der Waals surface area contributed by atoms with E-state index in [1.807, 2.05) is 6.92 Å². The largest absolute Gasteiger partial charge is 0.469 e. The van der Waals surface area contributed by atoms with E-state index in [1.54, 1.807) is 4.90 Å². The molecule has 110 valence electrons. The van der Waals surface area contributed by atoms with Gasteiger partial charge in [0.1, 0.15) is 0 Å². The second-order valence-electron chi connectivity index (χ2n) is 4.93. The predicted octanol–water partition coefficient (Wildman–Crippen LogP) is 1.31. The number of piperidine rings is 1. The first-order valence-corrected chi connectivity index (χ1v) is 6.71. The molecule has 1 fully saturated rings. The molecular formula is C13H23NO5. The number of hydrogen-bond donors (Lipinski definition) is 1. The quantitative estimate of drug-likeness (QED) is 0.604. The minimum absolute atomic E-state index is 0.0256. The van der Waals surface area contributed by atoms with Gasteiger partial charge in [-0.3, -0.25) is 4.79 Å². The van der Waals surface area contributed by atoms with Gasteiger partial charge in [0.25, 0.3) is 0 Å². The van der Waals surface area contributed by atoms with Crippen LogP contribution in [0, 0.1) is 0 Å². The van der Waals surface area contributed by atoms with Crippen LogP contribution in [0.3, 0.4) is 0 Å². The maximum atomic E-state index is 11.7. The second-order valence-corrected chi connectivity index (χ2v) is 4.93. The molecule has 6 nitrogen and oxygen atoms in total. The third kappa shape index (κ3) is 5.06. The summed E-state index contributed by atoms with van der Waals surface area (Å²) in [4.78, 5) is 24.5. The van der Waals surface area contributed by atoms with E-state index in [1.165, 1.54) is 7.11 Å². The Kier molecular flexibility index (Phi) is 6.08. The lowest BCUT2D eigenvalue weighted by atomic mass is 9.88. The number of nitrogens with zero attached hydrogens (tertiary/aromatic N) is 1. The first-order chi connectivity index (χ1) is 9.00. The van der Waals surface area contributed by atoms with Gasteiger partial charge < -0.3 is 19.5 Å². The highest BCUT2D eigenvalue weighted by Gasteiger charge is 2.36. The number of aliphatic hydroxyl groups is 1. The molecule has 1 amide bonds. The number of unbranched alkanes of at least 4 members (excludes halogenated alkanes) is 1. The van der Waals surface area contributed by atoms with Gasteiger partial charge in [-0.2, -0.15) is 0 Å². The topological polar surface area (TPSA) is 76.1 Å². The van der Waals surface area contributed by atoms with Crippen molar-refractivity contribution < 1.29 is 24.2 Å². The minimum atomic E-state index is -1.06. The summed E-state index contributed by atoms with van der Waals surface area (Å²) in [5, 5.41) is 10.2. The second kappa shape index (κ2) is 7.33. The molecule has 0 saturated carbocycles. The van der Waals surface area contributed by atoms with E-state index in [2.05, 4.69) is 4.74 Å². The molecule has 1 aliphatic heterocycles. The van der Waals surface area contributed by atoms with Gasteiger partial charge in [0.05, 0.1) is 25.7 Å². The standard InChI is InChI=1S/C13H23NO5/c1-3-4-9-19-12(16)14-7-5-13(17,6-8-14)10-11(15)18-2/h17H,3-10H2,1-2H3. The number of hydrogen-bond acceptors (Lipinski definition) is 5. The van der Waals surface area contributed by atoms with Crippen molar-refractivity contribution >= 4 is 12.1 Å². The van der Waals surface area contributed by atoms with Crippen molar-refractivity contribution in [3.05, 3.63) is 0 Å². The number of carbonyl (C=O) groups is 2. The van der Waals surface area contributed by atoms with Crippen molar-refractivity contribution in [1.29, 1.82) is 0 Å². The normalized spacial score (nSPS) is 17.9. The molecule has 0 unspecified atom stereocenters. The molecule has 1 aliphatic rings. The Morgan fingerprint density at radius 3 is 2.47 bits per heavy atom. The number of rotatable bonds is 5. The van der Waals surface area contributed by atoms with Gasteiger partial charge >= 0.3 is 12.1 Å². The summed E-state index contributed by atoms with van der Waals surface area (Å²) >= 11 is 0. The summed E-state index contributed by atoms with van der Waals surface area (Å²) in [6.45, 7) is 3.26. The molecule has 6 heteroatoms. The number of ether oxygens (including phenoxy) is 2. The van der Waals surface area contributed by atoms with Gasteiger partial charge in [0, 0.05) is 13.1 Å². The molecule has 0 bridgehead atoms. The molecular weight excluding hydrogens is 250 g/mol. The van der Waals surface area contributed by atoms with E-state index in [9.17, 15) is 14.7 Å². The average molecular weight is 273 g/mol. The van der Waals surface area contributed by atoms with Crippen molar-refractivity contribution in [2.45, 2.75) is 44.6 Å². The number of carbonyl (C=O) groups excluding carboxylic acids is 2. The smallest absolute Gasteiger partial charge is 0.409 e. The summed E-state index contributed by atoms with van der Waals surface area (Å²) in [6.07, 6.45) is 2.20. The minimum Gasteiger partial charge on any atom is -0.469 e. The van der Waals surface area contributed by atoms with Gasteiger partial charge in [-0.25, -0.2) is 4.79 Å². The van der Waals surface area contributed by atoms with Crippen LogP contribution in [0.5, 0.6) is 0 Å². The van der Waals surface area contributed by atoms with Gasteiger partial charge in [-0.15, -0.1) is 0 Å². The highest BCUT2D eigenvalue weighted by Crippen LogP contribution is 2.26. The highest BCUT2D eigenvalue weighted by atomic mass is 16.6. The molecule has 0 aromatic heterocycles. The number of amides is 1. The molecule has 1 heterocycles. The Bertz CT molecular complexity index is 310. The summed E-state index contributed by atoms with van der Waals surface area (Å²) in [6, 6.07) is 0. The number of likely N-dealkylation sites (tertiary alicyclic amines) is 1. The molecule has 0 spiro atoms. The SMILES string of the molecule is CCCCOC(=O)N1CCC(O)(CC(=O)OC)CC1. The first kappa shape index (κ1) is 15.8. The van der Waals surface area contributed by atoms with Crippen LogP contribution in [0.25, 0.3) is 0 Å². The molecule has 0 aromatic carbocycles. The van der Waals surface area contributed by atoms with Crippen LogP contribution in [-0.4, -0.2) is 54.5 Å². The van der Waals surface area contributed by atoms with Crippen molar-refractivity contribution in [1.82, 2.24) is 4.90 Å². The third-order valence-electron chi connectivity index (χ3n) is 3.38. The van der Waals surface area contributed by atoms with Crippen LogP contribution in [-0.2, 0) is 14.3 Å². The Morgan fingerprint density at radius 2 is 1.95 bits per heavy atom. The van der Waals surface area contributed by atoms with Crippen LogP contribution in [0.1, 0.15) is 39.0 Å². The molecule has 0 aromatic rings. The first-order valence-electron chi connectivity index (χ1n) is 6.71. The Hall–Kier alpha value is -1.30. The zero-order chi connectivity index (χ0) is 14.3. The monoisotopic (exact) mass is 273 g/mol. The average Bonchev–Trinajstić information content (AvgIpc) is 2.39. The molecule has 1 rings (SSSR count). The van der Waals surface area contributed by atoms with Crippen molar-refractivity contribution in [2.75, 3.05) is 26.8 Å². The summed E-state index contributed by atoms with van der Waals surface area (Å²) in [7, 11) is 1.30. The molecule has 19 heavy (non-hydrogen) atoms. The Morgan fingerprint density at radius 1 is 1.32 bits per heavy atom. The number of esters is 1. The number of methoxy groups -OCH3 is 1. The van der Waals surface area contributed by atoms with E-state index in [0.29, 0.717) is 32.5 Å². The van der Waals surface area contributed by atoms with Gasteiger partial charge in [0.15, 0.2) is 0 Å². The maximum Gasteiger partial charge on any atom is 0.409 e. The lowest BCUT2D eigenvalue weighted by molar-refractivity contribution is -0.147. The van der Waals surface area contributed by atoms with E-state index in [-0.39, 0.29) is 12.5 Å². The van der Waals surface area contributed by atoms with Gasteiger partial charge in [-0.05, 0) is 19.3 Å². The molecule has 0 radical (unpaired) electrons. The lowest BCUT2D eigenvalue weighted by Crippen LogP contribution is -2.47. The van der Waals surface area contributed by atoms with Crippen LogP contribution in [0.15, 0.2) is 0 Å². The fraction of sp³-hybridized carbons (Fsp3) is 0.846. The fourth-order valence-corrected chi connectivity index (χ4v) is 2.02. The summed E-state index contributed by atoms with van der Waals surface area (Å²) in [5.74, 6) is -0.429. The van der Waals surface area contributed by atoms with Crippen molar-refractivity contribution in [3.63, 3.8) is 0 Å². The predicted molar refractivity (Wildman–Crippen MR) is 68.6 cm³/mol. The third-order valence-corrected chi connectivity index (χ3v) is 3.38. The van der Waals surface area contributed by atoms with Crippen molar-refractivity contribution in [3.8, 4) is 0 Å². The van der Waals surface area contributed by atoms with Crippen LogP contribution >= 0.6 is 0 Å². The fourth-order valence-electron chi connectivity index (χ4n) is 2.02. The molecule has 1 saturated heterocycles. The lowest BCUT2D eigenvalue weighted by Gasteiger charge is -2.36. The van der Waals surface area contributed by atoms with Crippen LogP contribution in [0.2, 0.25) is 0 Å².